The zero-order chi connectivity index (χ0) is 15.2. The Kier molecular flexibility index (Phi) is 4.53. The molecule has 2 rings (SSSR count). The van der Waals surface area contributed by atoms with E-state index in [4.69, 9.17) is 5.53 Å². The SMILES string of the molecule is CC(N=[N+]=[N-])C(C(=O)O)c1cn(Cc2ccccc2)nn1. The highest BCUT2D eigenvalue weighted by Crippen LogP contribution is 2.20. The van der Waals surface area contributed by atoms with E-state index >= 15 is 0 Å². The zero-order valence-electron chi connectivity index (χ0n) is 11.4. The fraction of sp³-hybridized carbons (Fsp3) is 0.308. The van der Waals surface area contributed by atoms with Crippen LogP contribution in [0.1, 0.15) is 24.1 Å². The molecule has 0 saturated heterocycles. The van der Waals surface area contributed by atoms with Gasteiger partial charge < -0.3 is 5.11 Å². The van der Waals surface area contributed by atoms with E-state index in [-0.39, 0.29) is 5.69 Å². The Labute approximate surface area is 120 Å². The van der Waals surface area contributed by atoms with Gasteiger partial charge in [-0.15, -0.1) is 5.10 Å². The van der Waals surface area contributed by atoms with Crippen LogP contribution in [0.5, 0.6) is 0 Å². The molecule has 0 amide bonds. The maximum Gasteiger partial charge on any atom is 0.313 e. The van der Waals surface area contributed by atoms with Crippen molar-refractivity contribution in [1.82, 2.24) is 15.0 Å². The summed E-state index contributed by atoms with van der Waals surface area (Å²) in [5.74, 6) is -2.10. The lowest BCUT2D eigenvalue weighted by molar-refractivity contribution is -0.139. The molecule has 1 aromatic carbocycles. The van der Waals surface area contributed by atoms with Gasteiger partial charge in [0.1, 0.15) is 5.92 Å². The number of aromatic nitrogens is 3. The molecule has 1 heterocycles. The second-order valence-corrected chi connectivity index (χ2v) is 4.59. The summed E-state index contributed by atoms with van der Waals surface area (Å²) in [4.78, 5) is 14.0. The highest BCUT2D eigenvalue weighted by atomic mass is 16.4. The molecule has 0 bridgehead atoms. The van der Waals surface area contributed by atoms with E-state index in [1.54, 1.807) is 10.9 Å². The van der Waals surface area contributed by atoms with Crippen molar-refractivity contribution in [3.05, 3.63) is 58.2 Å². The van der Waals surface area contributed by atoms with Gasteiger partial charge in [-0.2, -0.15) is 0 Å². The van der Waals surface area contributed by atoms with Crippen molar-refractivity contribution < 1.29 is 9.90 Å². The highest BCUT2D eigenvalue weighted by molar-refractivity contribution is 5.76. The van der Waals surface area contributed by atoms with Crippen molar-refractivity contribution in [2.75, 3.05) is 0 Å². The topological polar surface area (TPSA) is 117 Å². The number of carboxylic acids is 1. The minimum absolute atomic E-state index is 0.276. The van der Waals surface area contributed by atoms with Crippen molar-refractivity contribution in [1.29, 1.82) is 0 Å². The van der Waals surface area contributed by atoms with Gasteiger partial charge in [-0.1, -0.05) is 47.6 Å². The highest BCUT2D eigenvalue weighted by Gasteiger charge is 2.28. The maximum atomic E-state index is 11.3. The molecule has 0 aliphatic heterocycles. The van der Waals surface area contributed by atoms with Crippen LogP contribution in [0, 0.1) is 0 Å². The van der Waals surface area contributed by atoms with Crippen molar-refractivity contribution in [2.24, 2.45) is 5.11 Å². The first kappa shape index (κ1) is 14.5. The summed E-state index contributed by atoms with van der Waals surface area (Å²) >= 11 is 0. The lowest BCUT2D eigenvalue weighted by Gasteiger charge is -2.12. The van der Waals surface area contributed by atoms with Crippen molar-refractivity contribution in [3.63, 3.8) is 0 Å². The lowest BCUT2D eigenvalue weighted by atomic mass is 9.99. The molecule has 0 radical (unpaired) electrons. The van der Waals surface area contributed by atoms with Crippen LogP contribution in [0.2, 0.25) is 0 Å². The van der Waals surface area contributed by atoms with E-state index in [1.807, 2.05) is 30.3 Å². The van der Waals surface area contributed by atoms with Gasteiger partial charge >= 0.3 is 5.97 Å². The second kappa shape index (κ2) is 6.53. The Morgan fingerprint density at radius 3 is 2.81 bits per heavy atom. The Hall–Kier alpha value is -2.86. The largest absolute Gasteiger partial charge is 0.481 e. The van der Waals surface area contributed by atoms with E-state index in [0.717, 1.165) is 5.56 Å². The summed E-state index contributed by atoms with van der Waals surface area (Å²) in [5, 5.41) is 20.5. The molecule has 1 aromatic heterocycles. The molecular formula is C13H14N6O2. The first-order chi connectivity index (χ1) is 10.1. The van der Waals surface area contributed by atoms with Crippen LogP contribution in [0.4, 0.5) is 0 Å². The predicted octanol–water partition coefficient (Wildman–Crippen LogP) is 2.19. The van der Waals surface area contributed by atoms with Gasteiger partial charge in [0.25, 0.3) is 0 Å². The molecule has 8 heteroatoms. The quantitative estimate of drug-likeness (QED) is 0.497. The third kappa shape index (κ3) is 3.58. The van der Waals surface area contributed by atoms with E-state index in [1.165, 1.54) is 6.92 Å². The van der Waals surface area contributed by atoms with Gasteiger partial charge in [-0.05, 0) is 11.1 Å². The zero-order valence-corrected chi connectivity index (χ0v) is 11.4. The maximum absolute atomic E-state index is 11.3. The van der Waals surface area contributed by atoms with Crippen LogP contribution in [-0.2, 0) is 11.3 Å². The number of nitrogens with zero attached hydrogens (tertiary/aromatic N) is 6. The summed E-state index contributed by atoms with van der Waals surface area (Å²) < 4.78 is 1.56. The molecule has 8 nitrogen and oxygen atoms in total. The van der Waals surface area contributed by atoms with E-state index < -0.39 is 17.9 Å². The molecule has 2 atom stereocenters. The first-order valence-corrected chi connectivity index (χ1v) is 6.32. The third-order valence-corrected chi connectivity index (χ3v) is 3.04. The summed E-state index contributed by atoms with van der Waals surface area (Å²) in [6.45, 7) is 2.03. The van der Waals surface area contributed by atoms with Gasteiger partial charge in [-0.25, -0.2) is 4.68 Å². The molecule has 108 valence electrons. The molecule has 0 aliphatic carbocycles. The predicted molar refractivity (Wildman–Crippen MR) is 74.6 cm³/mol. The number of carbonyl (C=O) groups is 1. The minimum Gasteiger partial charge on any atom is -0.481 e. The van der Waals surface area contributed by atoms with Gasteiger partial charge in [-0.3, -0.25) is 4.79 Å². The summed E-state index contributed by atoms with van der Waals surface area (Å²) in [5.41, 5.74) is 9.75. The molecule has 1 N–H and O–H groups in total. The molecule has 0 spiro atoms. The van der Waals surface area contributed by atoms with Gasteiger partial charge in [0.2, 0.25) is 0 Å². The fourth-order valence-electron chi connectivity index (χ4n) is 2.03. The molecule has 2 aromatic rings. The molecule has 0 fully saturated rings. The number of aliphatic carboxylic acids is 1. The number of benzene rings is 1. The third-order valence-electron chi connectivity index (χ3n) is 3.04. The monoisotopic (exact) mass is 286 g/mol. The fourth-order valence-corrected chi connectivity index (χ4v) is 2.03. The van der Waals surface area contributed by atoms with Crippen LogP contribution in [-0.4, -0.2) is 32.1 Å². The number of hydrogen-bond donors (Lipinski definition) is 1. The smallest absolute Gasteiger partial charge is 0.313 e. The average molecular weight is 286 g/mol. The molecule has 21 heavy (non-hydrogen) atoms. The number of rotatable bonds is 6. The summed E-state index contributed by atoms with van der Waals surface area (Å²) in [6.07, 6.45) is 1.56. The average Bonchev–Trinajstić information content (AvgIpc) is 2.88. The Morgan fingerprint density at radius 2 is 2.19 bits per heavy atom. The molecular weight excluding hydrogens is 272 g/mol. The van der Waals surface area contributed by atoms with Crippen LogP contribution in [0.15, 0.2) is 41.6 Å². The normalized spacial score (nSPS) is 13.2. The standard InChI is InChI=1S/C13H14N6O2/c1-9(15-17-14)12(13(20)21)11-8-19(18-16-11)7-10-5-3-2-4-6-10/h2-6,8-9,12H,7H2,1H3,(H,20,21). The van der Waals surface area contributed by atoms with Crippen molar-refractivity contribution in [2.45, 2.75) is 25.4 Å². The number of azide groups is 1. The van der Waals surface area contributed by atoms with Crippen molar-refractivity contribution >= 4 is 5.97 Å². The van der Waals surface area contributed by atoms with Crippen LogP contribution in [0.3, 0.4) is 0 Å². The van der Waals surface area contributed by atoms with Crippen LogP contribution in [0.25, 0.3) is 10.4 Å². The second-order valence-electron chi connectivity index (χ2n) is 4.59. The van der Waals surface area contributed by atoms with E-state index in [9.17, 15) is 9.90 Å². The molecule has 2 unspecified atom stereocenters. The first-order valence-electron chi connectivity index (χ1n) is 6.32. The molecule has 0 aliphatic rings. The lowest BCUT2D eigenvalue weighted by Crippen LogP contribution is -2.22. The Balaban J connectivity index is 2.21. The summed E-state index contributed by atoms with van der Waals surface area (Å²) in [7, 11) is 0. The van der Waals surface area contributed by atoms with Gasteiger partial charge in [0.15, 0.2) is 0 Å². The van der Waals surface area contributed by atoms with Gasteiger partial charge in [0.05, 0.1) is 18.3 Å². The number of hydrogen-bond acceptors (Lipinski definition) is 4. The minimum atomic E-state index is -1.10. The van der Waals surface area contributed by atoms with E-state index in [2.05, 4.69) is 20.3 Å². The van der Waals surface area contributed by atoms with E-state index in [0.29, 0.717) is 6.54 Å². The molecule has 0 saturated carbocycles. The van der Waals surface area contributed by atoms with Gasteiger partial charge in [0, 0.05) is 11.1 Å². The van der Waals surface area contributed by atoms with Crippen LogP contribution < -0.4 is 0 Å². The number of carboxylic acid groups (broad SMARTS) is 1. The van der Waals surface area contributed by atoms with Crippen LogP contribution >= 0.6 is 0 Å². The Morgan fingerprint density at radius 1 is 1.48 bits per heavy atom. The Bertz CT molecular complexity index is 662. The summed E-state index contributed by atoms with van der Waals surface area (Å²) in [6, 6.07) is 8.89. The van der Waals surface area contributed by atoms with Crippen molar-refractivity contribution in [3.8, 4) is 0 Å².